The van der Waals surface area contributed by atoms with E-state index in [4.69, 9.17) is 0 Å². The molecule has 1 aromatic rings. The zero-order chi connectivity index (χ0) is 13.4. The highest BCUT2D eigenvalue weighted by Crippen LogP contribution is 2.26. The van der Waals surface area contributed by atoms with Crippen molar-refractivity contribution in [2.45, 2.75) is 39.3 Å². The number of amides is 1. The van der Waals surface area contributed by atoms with Crippen LogP contribution < -0.4 is 5.32 Å². The zero-order valence-corrected chi connectivity index (χ0v) is 11.7. The van der Waals surface area contributed by atoms with Gasteiger partial charge in [-0.3, -0.25) is 9.48 Å². The van der Waals surface area contributed by atoms with Crippen LogP contribution in [0.5, 0.6) is 0 Å². The number of likely N-dealkylation sites (tertiary alicyclic amines) is 1. The van der Waals surface area contributed by atoms with E-state index in [1.54, 1.807) is 0 Å². The van der Waals surface area contributed by atoms with Crippen molar-refractivity contribution in [3.63, 3.8) is 0 Å². The molecule has 3 heterocycles. The molecule has 2 aliphatic rings. The van der Waals surface area contributed by atoms with Gasteiger partial charge in [0.1, 0.15) is 5.69 Å². The average Bonchev–Trinajstić information content (AvgIpc) is 3.10. The van der Waals surface area contributed by atoms with Gasteiger partial charge in [0, 0.05) is 25.7 Å². The van der Waals surface area contributed by atoms with E-state index >= 15 is 0 Å². The summed E-state index contributed by atoms with van der Waals surface area (Å²) >= 11 is 0. The molecule has 2 saturated heterocycles. The van der Waals surface area contributed by atoms with Crippen molar-refractivity contribution in [3.05, 3.63) is 17.5 Å². The van der Waals surface area contributed by atoms with Crippen LogP contribution in [-0.4, -0.2) is 46.3 Å². The van der Waals surface area contributed by atoms with E-state index in [9.17, 15) is 4.79 Å². The van der Waals surface area contributed by atoms with Gasteiger partial charge in [-0.25, -0.2) is 0 Å². The lowest BCUT2D eigenvalue weighted by Crippen LogP contribution is -2.35. The lowest BCUT2D eigenvalue weighted by atomic mass is 10.1. The Morgan fingerprint density at radius 1 is 1.47 bits per heavy atom. The van der Waals surface area contributed by atoms with Crippen molar-refractivity contribution in [2.24, 2.45) is 5.92 Å². The first kappa shape index (κ1) is 12.7. The SMILES string of the molecule is CCc1cc(C(=O)N2C[C@@H]3CCN[C@@H]3C2)n(CC)n1. The molecule has 2 fully saturated rings. The van der Waals surface area contributed by atoms with E-state index in [-0.39, 0.29) is 5.91 Å². The summed E-state index contributed by atoms with van der Waals surface area (Å²) < 4.78 is 1.84. The van der Waals surface area contributed by atoms with Crippen LogP contribution in [-0.2, 0) is 13.0 Å². The van der Waals surface area contributed by atoms with Crippen LogP contribution in [0.15, 0.2) is 6.07 Å². The Hall–Kier alpha value is -1.36. The molecule has 3 rings (SSSR count). The summed E-state index contributed by atoms with van der Waals surface area (Å²) in [6, 6.07) is 2.46. The second-order valence-electron chi connectivity index (χ2n) is 5.51. The molecule has 0 unspecified atom stereocenters. The molecular weight excluding hydrogens is 240 g/mol. The first-order chi connectivity index (χ1) is 9.22. The summed E-state index contributed by atoms with van der Waals surface area (Å²) in [7, 11) is 0. The Kier molecular flexibility index (Phi) is 3.31. The molecule has 0 spiro atoms. The number of nitrogens with one attached hydrogen (secondary N) is 1. The minimum absolute atomic E-state index is 0.144. The maximum Gasteiger partial charge on any atom is 0.272 e. The largest absolute Gasteiger partial charge is 0.335 e. The molecule has 2 atom stereocenters. The fraction of sp³-hybridized carbons (Fsp3) is 0.714. The molecule has 5 nitrogen and oxygen atoms in total. The Balaban J connectivity index is 1.78. The molecular formula is C14H22N4O. The van der Waals surface area contributed by atoms with Crippen molar-refractivity contribution >= 4 is 5.91 Å². The molecule has 1 aromatic heterocycles. The summed E-state index contributed by atoms with van der Waals surface area (Å²) in [6.07, 6.45) is 2.07. The van der Waals surface area contributed by atoms with Gasteiger partial charge in [0.05, 0.1) is 5.69 Å². The van der Waals surface area contributed by atoms with Crippen LogP contribution in [0, 0.1) is 5.92 Å². The van der Waals surface area contributed by atoms with Gasteiger partial charge in [-0.15, -0.1) is 0 Å². The fourth-order valence-corrected chi connectivity index (χ4v) is 3.23. The van der Waals surface area contributed by atoms with Crippen LogP contribution in [0.25, 0.3) is 0 Å². The number of aromatic nitrogens is 2. The fourth-order valence-electron chi connectivity index (χ4n) is 3.23. The maximum absolute atomic E-state index is 12.6. The van der Waals surface area contributed by atoms with Gasteiger partial charge in [0.25, 0.3) is 5.91 Å². The van der Waals surface area contributed by atoms with Gasteiger partial charge in [0.2, 0.25) is 0 Å². The van der Waals surface area contributed by atoms with Crippen LogP contribution in [0.3, 0.4) is 0 Å². The third-order valence-electron chi connectivity index (χ3n) is 4.36. The highest BCUT2D eigenvalue weighted by atomic mass is 16.2. The number of hydrogen-bond donors (Lipinski definition) is 1. The highest BCUT2D eigenvalue weighted by Gasteiger charge is 2.38. The molecule has 0 radical (unpaired) electrons. The van der Waals surface area contributed by atoms with Crippen LogP contribution in [0.4, 0.5) is 0 Å². The molecule has 5 heteroatoms. The van der Waals surface area contributed by atoms with E-state index in [1.807, 2.05) is 22.6 Å². The summed E-state index contributed by atoms with van der Waals surface area (Å²) in [5, 5.41) is 7.95. The van der Waals surface area contributed by atoms with E-state index in [1.165, 1.54) is 6.42 Å². The number of aryl methyl sites for hydroxylation is 2. The average molecular weight is 262 g/mol. The van der Waals surface area contributed by atoms with E-state index in [0.29, 0.717) is 12.0 Å². The third kappa shape index (κ3) is 2.16. The Morgan fingerprint density at radius 3 is 3.00 bits per heavy atom. The highest BCUT2D eigenvalue weighted by molar-refractivity contribution is 5.93. The summed E-state index contributed by atoms with van der Waals surface area (Å²) in [5.74, 6) is 0.790. The van der Waals surface area contributed by atoms with Crippen molar-refractivity contribution in [1.29, 1.82) is 0 Å². The van der Waals surface area contributed by atoms with Gasteiger partial charge in [0.15, 0.2) is 0 Å². The van der Waals surface area contributed by atoms with Crippen molar-refractivity contribution in [3.8, 4) is 0 Å². The smallest absolute Gasteiger partial charge is 0.272 e. The van der Waals surface area contributed by atoms with E-state index < -0.39 is 0 Å². The normalized spacial score (nSPS) is 25.9. The first-order valence-corrected chi connectivity index (χ1v) is 7.32. The second-order valence-corrected chi connectivity index (χ2v) is 5.51. The molecule has 2 aliphatic heterocycles. The number of carbonyl (C=O) groups is 1. The minimum Gasteiger partial charge on any atom is -0.335 e. The van der Waals surface area contributed by atoms with Gasteiger partial charge in [-0.2, -0.15) is 5.10 Å². The van der Waals surface area contributed by atoms with Crippen molar-refractivity contribution in [1.82, 2.24) is 20.0 Å². The summed E-state index contributed by atoms with van der Waals surface area (Å²) in [5.41, 5.74) is 1.75. The number of nitrogens with zero attached hydrogens (tertiary/aromatic N) is 3. The number of hydrogen-bond acceptors (Lipinski definition) is 3. The molecule has 0 aromatic carbocycles. The van der Waals surface area contributed by atoms with Crippen molar-refractivity contribution < 1.29 is 4.79 Å². The molecule has 19 heavy (non-hydrogen) atoms. The summed E-state index contributed by atoms with van der Waals surface area (Å²) in [6.45, 7) is 7.70. The van der Waals surface area contributed by atoms with Crippen LogP contribution in [0.1, 0.15) is 36.5 Å². The lowest BCUT2D eigenvalue weighted by molar-refractivity contribution is 0.0770. The maximum atomic E-state index is 12.6. The Labute approximate surface area is 114 Å². The van der Waals surface area contributed by atoms with Crippen LogP contribution in [0.2, 0.25) is 0 Å². The van der Waals surface area contributed by atoms with Gasteiger partial charge < -0.3 is 10.2 Å². The first-order valence-electron chi connectivity index (χ1n) is 7.32. The third-order valence-corrected chi connectivity index (χ3v) is 4.36. The number of fused-ring (bicyclic) bond motifs is 1. The lowest BCUT2D eigenvalue weighted by Gasteiger charge is -2.17. The number of rotatable bonds is 3. The molecule has 1 amide bonds. The Morgan fingerprint density at radius 2 is 2.32 bits per heavy atom. The Bertz CT molecular complexity index is 470. The summed E-state index contributed by atoms with van der Waals surface area (Å²) in [4.78, 5) is 14.6. The molecule has 0 bridgehead atoms. The standard InChI is InChI=1S/C14H22N4O/c1-3-11-7-13(18(4-2)16-11)14(19)17-8-10-5-6-15-12(10)9-17/h7,10,12,15H,3-6,8-9H2,1-2H3/t10-,12+/m0/s1. The van der Waals surface area contributed by atoms with Gasteiger partial charge in [-0.1, -0.05) is 6.92 Å². The van der Waals surface area contributed by atoms with E-state index in [0.717, 1.165) is 44.0 Å². The quantitative estimate of drug-likeness (QED) is 0.880. The van der Waals surface area contributed by atoms with Gasteiger partial charge in [-0.05, 0) is 38.3 Å². The van der Waals surface area contributed by atoms with E-state index in [2.05, 4.69) is 17.3 Å². The second kappa shape index (κ2) is 4.96. The predicted molar refractivity (Wildman–Crippen MR) is 73.1 cm³/mol. The predicted octanol–water partition coefficient (Wildman–Crippen LogP) is 0.899. The monoisotopic (exact) mass is 262 g/mol. The minimum atomic E-state index is 0.144. The molecule has 1 N–H and O–H groups in total. The van der Waals surface area contributed by atoms with Gasteiger partial charge >= 0.3 is 0 Å². The van der Waals surface area contributed by atoms with Crippen LogP contribution >= 0.6 is 0 Å². The van der Waals surface area contributed by atoms with Crippen molar-refractivity contribution in [2.75, 3.05) is 19.6 Å². The molecule has 104 valence electrons. The topological polar surface area (TPSA) is 50.2 Å². The molecule has 0 aliphatic carbocycles. The molecule has 0 saturated carbocycles. The zero-order valence-electron chi connectivity index (χ0n) is 11.7. The number of carbonyl (C=O) groups excluding carboxylic acids is 1.